The van der Waals surface area contributed by atoms with E-state index in [2.05, 4.69) is 15.3 Å². The zero-order chi connectivity index (χ0) is 17.5. The molecule has 3 nitrogen and oxygen atoms in total. The van der Waals surface area contributed by atoms with Gasteiger partial charge < -0.3 is 5.32 Å². The third-order valence-electron chi connectivity index (χ3n) is 3.12. The van der Waals surface area contributed by atoms with Crippen molar-refractivity contribution in [3.05, 3.63) is 59.7 Å². The molecule has 0 radical (unpaired) electrons. The molecule has 0 spiro atoms. The SMILES string of the molecule is Fc1ccc2nc(C(F)(F)F)nc(Nc3c(F)cccc3F)c2c1. The summed E-state index contributed by atoms with van der Waals surface area (Å²) in [6, 6.07) is 5.73. The number of alkyl halides is 3. The van der Waals surface area contributed by atoms with E-state index >= 15 is 0 Å². The highest BCUT2D eigenvalue weighted by Crippen LogP contribution is 2.32. The van der Waals surface area contributed by atoms with Gasteiger partial charge in [-0.15, -0.1) is 0 Å². The fourth-order valence-electron chi connectivity index (χ4n) is 2.06. The van der Waals surface area contributed by atoms with Crippen molar-refractivity contribution in [1.82, 2.24) is 9.97 Å². The zero-order valence-electron chi connectivity index (χ0n) is 11.6. The minimum Gasteiger partial charge on any atom is -0.335 e. The Hall–Kier alpha value is -2.84. The summed E-state index contributed by atoms with van der Waals surface area (Å²) in [6.07, 6.45) is -4.88. The Bertz CT molecular complexity index is 903. The number of benzene rings is 2. The summed E-state index contributed by atoms with van der Waals surface area (Å²) in [5, 5.41) is 2.01. The van der Waals surface area contributed by atoms with Gasteiger partial charge in [0.1, 0.15) is 29.0 Å². The van der Waals surface area contributed by atoms with E-state index in [1.807, 2.05) is 0 Å². The van der Waals surface area contributed by atoms with Gasteiger partial charge in [0.25, 0.3) is 0 Å². The highest BCUT2D eigenvalue weighted by atomic mass is 19.4. The molecule has 0 fully saturated rings. The van der Waals surface area contributed by atoms with Gasteiger partial charge in [0.2, 0.25) is 5.82 Å². The van der Waals surface area contributed by atoms with Crippen molar-refractivity contribution in [1.29, 1.82) is 0 Å². The molecule has 9 heteroatoms. The summed E-state index contributed by atoms with van der Waals surface area (Å²) in [5.41, 5.74) is -0.923. The Morgan fingerprint density at radius 3 is 2.17 bits per heavy atom. The van der Waals surface area contributed by atoms with Crippen LogP contribution in [0.25, 0.3) is 10.9 Å². The van der Waals surface area contributed by atoms with Crippen molar-refractivity contribution < 1.29 is 26.3 Å². The van der Waals surface area contributed by atoms with Crippen molar-refractivity contribution >= 4 is 22.4 Å². The normalized spacial score (nSPS) is 11.8. The first-order chi connectivity index (χ1) is 11.3. The zero-order valence-corrected chi connectivity index (χ0v) is 11.6. The van der Waals surface area contributed by atoms with E-state index in [4.69, 9.17) is 0 Å². The largest absolute Gasteiger partial charge is 0.451 e. The Kier molecular flexibility index (Phi) is 3.78. The standard InChI is InChI=1S/C15H7F6N3/c16-7-4-5-11-8(6-7)13(24-14(22-11)15(19,20)21)23-12-9(17)2-1-3-10(12)18/h1-6H,(H,22,23,24). The van der Waals surface area contributed by atoms with Gasteiger partial charge in [-0.2, -0.15) is 13.2 Å². The number of fused-ring (bicyclic) bond motifs is 1. The number of hydrogen-bond acceptors (Lipinski definition) is 3. The second kappa shape index (κ2) is 5.66. The Balaban J connectivity index is 2.23. The van der Waals surface area contributed by atoms with Crippen molar-refractivity contribution in [2.45, 2.75) is 6.18 Å². The number of halogens is 6. The predicted octanol–water partition coefficient (Wildman–Crippen LogP) is 4.81. The van der Waals surface area contributed by atoms with Gasteiger partial charge in [-0.1, -0.05) is 6.07 Å². The highest BCUT2D eigenvalue weighted by molar-refractivity contribution is 5.91. The van der Waals surface area contributed by atoms with Gasteiger partial charge >= 0.3 is 6.18 Å². The van der Waals surface area contributed by atoms with E-state index in [0.29, 0.717) is 0 Å². The molecule has 0 aliphatic heterocycles. The maximum atomic E-state index is 13.7. The molecule has 0 aliphatic carbocycles. The molecule has 0 aliphatic rings. The van der Waals surface area contributed by atoms with Crippen LogP contribution in [0.5, 0.6) is 0 Å². The van der Waals surface area contributed by atoms with Crippen LogP contribution in [-0.4, -0.2) is 9.97 Å². The molecule has 0 amide bonds. The summed E-state index contributed by atoms with van der Waals surface area (Å²) in [6.45, 7) is 0. The molecule has 0 saturated carbocycles. The quantitative estimate of drug-likeness (QED) is 0.679. The number of nitrogens with one attached hydrogen (secondary N) is 1. The smallest absolute Gasteiger partial charge is 0.335 e. The molecule has 124 valence electrons. The number of rotatable bonds is 2. The van der Waals surface area contributed by atoms with Crippen molar-refractivity contribution in [3.63, 3.8) is 0 Å². The molecule has 3 aromatic rings. The second-order valence-corrected chi connectivity index (χ2v) is 4.78. The lowest BCUT2D eigenvalue weighted by Gasteiger charge is -2.13. The summed E-state index contributed by atoms with van der Waals surface area (Å²) in [7, 11) is 0. The first kappa shape index (κ1) is 16.0. The lowest BCUT2D eigenvalue weighted by atomic mass is 10.2. The van der Waals surface area contributed by atoms with Gasteiger partial charge in [-0.3, -0.25) is 0 Å². The molecule has 1 aromatic heterocycles. The number of hydrogen-bond donors (Lipinski definition) is 1. The lowest BCUT2D eigenvalue weighted by Crippen LogP contribution is -2.13. The average Bonchev–Trinajstić information content (AvgIpc) is 2.50. The first-order valence-corrected chi connectivity index (χ1v) is 6.51. The molecule has 1 N–H and O–H groups in total. The van der Waals surface area contributed by atoms with Gasteiger partial charge in [0.05, 0.1) is 5.52 Å². The maximum absolute atomic E-state index is 13.7. The predicted molar refractivity (Wildman–Crippen MR) is 74.1 cm³/mol. The molecule has 2 aromatic carbocycles. The van der Waals surface area contributed by atoms with Crippen LogP contribution in [-0.2, 0) is 6.18 Å². The number of para-hydroxylation sites is 1. The van der Waals surface area contributed by atoms with Crippen LogP contribution in [0.4, 0.5) is 37.8 Å². The molecule has 24 heavy (non-hydrogen) atoms. The number of nitrogens with zero attached hydrogens (tertiary/aromatic N) is 2. The molecule has 3 rings (SSSR count). The number of anilines is 2. The van der Waals surface area contributed by atoms with E-state index in [1.165, 1.54) is 0 Å². The van der Waals surface area contributed by atoms with Crippen LogP contribution in [0.1, 0.15) is 5.82 Å². The average molecular weight is 343 g/mol. The summed E-state index contributed by atoms with van der Waals surface area (Å²) >= 11 is 0. The minimum atomic E-state index is -4.88. The Labute approximate surface area is 131 Å². The van der Waals surface area contributed by atoms with Crippen molar-refractivity contribution in [2.24, 2.45) is 0 Å². The Morgan fingerprint density at radius 2 is 1.54 bits per heavy atom. The summed E-state index contributed by atoms with van der Waals surface area (Å²) in [5.74, 6) is -4.90. The van der Waals surface area contributed by atoms with E-state index in [9.17, 15) is 26.3 Å². The molecular weight excluding hydrogens is 336 g/mol. The third kappa shape index (κ3) is 2.97. The molecule has 0 saturated heterocycles. The lowest BCUT2D eigenvalue weighted by molar-refractivity contribution is -0.144. The van der Waals surface area contributed by atoms with Gasteiger partial charge in [-0.05, 0) is 30.3 Å². The first-order valence-electron chi connectivity index (χ1n) is 6.51. The van der Waals surface area contributed by atoms with E-state index < -0.39 is 41.0 Å². The topological polar surface area (TPSA) is 37.8 Å². The van der Waals surface area contributed by atoms with Crippen molar-refractivity contribution in [2.75, 3.05) is 5.32 Å². The van der Waals surface area contributed by atoms with Crippen LogP contribution in [0.3, 0.4) is 0 Å². The molecule has 1 heterocycles. The maximum Gasteiger partial charge on any atom is 0.451 e. The van der Waals surface area contributed by atoms with E-state index in [0.717, 1.165) is 36.4 Å². The number of aromatic nitrogens is 2. The van der Waals surface area contributed by atoms with Gasteiger partial charge in [0, 0.05) is 5.39 Å². The van der Waals surface area contributed by atoms with Crippen LogP contribution in [0.2, 0.25) is 0 Å². The third-order valence-corrected chi connectivity index (χ3v) is 3.12. The fourth-order valence-corrected chi connectivity index (χ4v) is 2.06. The highest BCUT2D eigenvalue weighted by Gasteiger charge is 2.35. The van der Waals surface area contributed by atoms with Crippen LogP contribution in [0, 0.1) is 17.5 Å². The van der Waals surface area contributed by atoms with Crippen LogP contribution in [0.15, 0.2) is 36.4 Å². The van der Waals surface area contributed by atoms with Gasteiger partial charge in [-0.25, -0.2) is 23.1 Å². The van der Waals surface area contributed by atoms with E-state index in [-0.39, 0.29) is 10.9 Å². The van der Waals surface area contributed by atoms with Gasteiger partial charge in [0.15, 0.2) is 0 Å². The molecule has 0 unspecified atom stereocenters. The van der Waals surface area contributed by atoms with Crippen LogP contribution >= 0.6 is 0 Å². The Morgan fingerprint density at radius 1 is 0.875 bits per heavy atom. The van der Waals surface area contributed by atoms with E-state index in [1.54, 1.807) is 0 Å². The molecule has 0 bridgehead atoms. The monoisotopic (exact) mass is 343 g/mol. The summed E-state index contributed by atoms with van der Waals surface area (Å²) < 4.78 is 79.5. The van der Waals surface area contributed by atoms with Crippen LogP contribution < -0.4 is 5.32 Å². The fraction of sp³-hybridized carbons (Fsp3) is 0.0667. The minimum absolute atomic E-state index is 0.148. The van der Waals surface area contributed by atoms with Crippen molar-refractivity contribution in [3.8, 4) is 0 Å². The summed E-state index contributed by atoms with van der Waals surface area (Å²) in [4.78, 5) is 6.55. The second-order valence-electron chi connectivity index (χ2n) is 4.78. The molecule has 0 atom stereocenters. The molecular formula is C15H7F6N3.